The number of Topliss-reactive ketones (excluding diaryl/α,β-unsaturated/α-hetero) is 1. The molecular formula is C29H33FN8O2. The van der Waals surface area contributed by atoms with Crippen LogP contribution in [0.5, 0.6) is 0 Å². The first-order valence-corrected chi connectivity index (χ1v) is 13.8. The summed E-state index contributed by atoms with van der Waals surface area (Å²) in [4.78, 5) is 42.8. The van der Waals surface area contributed by atoms with E-state index in [2.05, 4.69) is 32.5 Å². The van der Waals surface area contributed by atoms with Crippen LogP contribution in [-0.4, -0.2) is 81.6 Å². The molecule has 2 N–H and O–H groups in total. The second-order valence-corrected chi connectivity index (χ2v) is 10.5. The molecule has 1 saturated carbocycles. The number of aromatic nitrogens is 2. The molecule has 2 aliphatic heterocycles. The number of hydrazine groups is 2. The summed E-state index contributed by atoms with van der Waals surface area (Å²) in [7, 11) is 1.81. The van der Waals surface area contributed by atoms with Crippen molar-refractivity contribution in [3.05, 3.63) is 72.1 Å². The molecule has 0 radical (unpaired) electrons. The molecule has 0 spiro atoms. The van der Waals surface area contributed by atoms with Gasteiger partial charge in [0.25, 0.3) is 11.7 Å². The topological polar surface area (TPSA) is 100 Å². The number of H-pyrrole nitrogens is 1. The van der Waals surface area contributed by atoms with Gasteiger partial charge in [-0.05, 0) is 12.8 Å². The van der Waals surface area contributed by atoms with E-state index < -0.39 is 17.5 Å². The van der Waals surface area contributed by atoms with Gasteiger partial charge >= 0.3 is 0 Å². The van der Waals surface area contributed by atoms with Crippen LogP contribution in [0.4, 0.5) is 10.2 Å². The molecule has 0 unspecified atom stereocenters. The monoisotopic (exact) mass is 544 g/mol. The number of nitrogens with one attached hydrogen (secondary N) is 2. The summed E-state index contributed by atoms with van der Waals surface area (Å²) in [6, 6.07) is 10.5. The van der Waals surface area contributed by atoms with Crippen LogP contribution >= 0.6 is 0 Å². The van der Waals surface area contributed by atoms with Crippen LogP contribution in [0.2, 0.25) is 0 Å². The van der Waals surface area contributed by atoms with Crippen LogP contribution in [-0.2, 0) is 4.79 Å². The molecule has 40 heavy (non-hydrogen) atoms. The van der Waals surface area contributed by atoms with Crippen molar-refractivity contribution in [2.24, 2.45) is 4.99 Å². The van der Waals surface area contributed by atoms with Crippen LogP contribution in [0.25, 0.3) is 10.9 Å². The zero-order valence-corrected chi connectivity index (χ0v) is 22.5. The van der Waals surface area contributed by atoms with Crippen molar-refractivity contribution >= 4 is 34.2 Å². The van der Waals surface area contributed by atoms with Crippen molar-refractivity contribution in [2.75, 3.05) is 38.2 Å². The molecule has 0 atom stereocenters. The fourth-order valence-electron chi connectivity index (χ4n) is 5.67. The van der Waals surface area contributed by atoms with Gasteiger partial charge in [-0.2, -0.15) is 0 Å². The van der Waals surface area contributed by atoms with Gasteiger partial charge in [0.15, 0.2) is 11.6 Å². The van der Waals surface area contributed by atoms with Gasteiger partial charge in [-0.1, -0.05) is 49.6 Å². The number of hydrogen-bond donors (Lipinski definition) is 2. The van der Waals surface area contributed by atoms with Gasteiger partial charge in [-0.15, -0.1) is 5.53 Å². The Morgan fingerprint density at radius 3 is 2.42 bits per heavy atom. The van der Waals surface area contributed by atoms with E-state index in [1.807, 2.05) is 25.2 Å². The molecule has 1 saturated heterocycles. The number of rotatable bonds is 5. The number of carbonyl (C=O) groups excluding carboxylic acids is 2. The van der Waals surface area contributed by atoms with Crippen molar-refractivity contribution in [3.8, 4) is 0 Å². The van der Waals surface area contributed by atoms with Gasteiger partial charge in [0, 0.05) is 57.4 Å². The van der Waals surface area contributed by atoms with Crippen LogP contribution in [0.3, 0.4) is 0 Å². The van der Waals surface area contributed by atoms with Crippen molar-refractivity contribution in [1.82, 2.24) is 30.3 Å². The fraction of sp³-hybridized carbons (Fsp3) is 0.379. The van der Waals surface area contributed by atoms with E-state index in [0.717, 1.165) is 30.4 Å². The number of aliphatic imine (C=N–C) groups is 1. The molecule has 3 aliphatic rings. The Morgan fingerprint density at radius 1 is 1.00 bits per heavy atom. The second kappa shape index (κ2) is 11.1. The molecule has 1 aromatic carbocycles. The Labute approximate surface area is 232 Å². The number of ketones is 1. The van der Waals surface area contributed by atoms with E-state index in [4.69, 9.17) is 4.99 Å². The number of fused-ring (bicyclic) bond motifs is 1. The fourth-order valence-corrected chi connectivity index (χ4v) is 5.67. The molecule has 2 aromatic heterocycles. The molecule has 4 heterocycles. The lowest BCUT2D eigenvalue weighted by Gasteiger charge is -2.37. The quantitative estimate of drug-likeness (QED) is 0.220. The third-order valence-corrected chi connectivity index (χ3v) is 7.79. The maximum absolute atomic E-state index is 14.9. The molecule has 0 bridgehead atoms. The Bertz CT molecular complexity index is 1460. The minimum absolute atomic E-state index is 0.00365. The lowest BCUT2D eigenvalue weighted by Crippen LogP contribution is -2.52. The molecule has 2 fully saturated rings. The second-order valence-electron chi connectivity index (χ2n) is 10.5. The Kier molecular flexibility index (Phi) is 7.21. The van der Waals surface area contributed by atoms with E-state index in [1.165, 1.54) is 25.5 Å². The number of pyridine rings is 1. The number of amidine groups is 1. The van der Waals surface area contributed by atoms with E-state index in [-0.39, 0.29) is 10.9 Å². The largest absolute Gasteiger partial charge is 0.357 e. The molecule has 6 rings (SSSR count). The number of carbonyl (C=O) groups is 2. The average molecular weight is 545 g/mol. The van der Waals surface area contributed by atoms with Crippen LogP contribution in [0, 0.1) is 5.82 Å². The Hall–Kier alpha value is -4.25. The van der Waals surface area contributed by atoms with E-state index in [1.54, 1.807) is 27.3 Å². The standard InChI is InChI=1S/C29H33FN8O2/c1-35-12-17-38(34-35)28-25-24(23(30)19-32-28)22(18-31-25)26(39)29(40)37-15-13-36(14-16-37)27(20-8-4-2-5-9-20)33-21-10-6-3-7-11-21/h2,4-5,8-9,12,17-19,21,31,34H,3,6-7,10-11,13-16H2,1H3. The predicted molar refractivity (Wildman–Crippen MR) is 151 cm³/mol. The van der Waals surface area contributed by atoms with E-state index >= 15 is 0 Å². The number of piperazine rings is 1. The van der Waals surface area contributed by atoms with Gasteiger partial charge in [-0.25, -0.2) is 14.4 Å². The summed E-state index contributed by atoms with van der Waals surface area (Å²) in [6.45, 7) is 1.90. The predicted octanol–water partition coefficient (Wildman–Crippen LogP) is 3.45. The number of amides is 1. The molecule has 10 nitrogen and oxygen atoms in total. The number of hydrogen-bond acceptors (Lipinski definition) is 7. The van der Waals surface area contributed by atoms with Crippen LogP contribution < -0.4 is 10.5 Å². The normalized spacial score (nSPS) is 18.7. The summed E-state index contributed by atoms with van der Waals surface area (Å²) < 4.78 is 14.9. The highest BCUT2D eigenvalue weighted by Gasteiger charge is 2.31. The van der Waals surface area contributed by atoms with Gasteiger partial charge in [0.05, 0.1) is 28.7 Å². The molecular weight excluding hydrogens is 511 g/mol. The molecule has 11 heteroatoms. The lowest BCUT2D eigenvalue weighted by atomic mass is 9.96. The molecule has 1 aliphatic carbocycles. The van der Waals surface area contributed by atoms with Crippen molar-refractivity contribution in [3.63, 3.8) is 0 Å². The van der Waals surface area contributed by atoms with Crippen molar-refractivity contribution in [1.29, 1.82) is 0 Å². The highest BCUT2D eigenvalue weighted by atomic mass is 19.1. The summed E-state index contributed by atoms with van der Waals surface area (Å²) in [5, 5.41) is 3.36. The van der Waals surface area contributed by atoms with Crippen molar-refractivity contribution < 1.29 is 14.0 Å². The minimum Gasteiger partial charge on any atom is -0.357 e. The zero-order valence-electron chi connectivity index (χ0n) is 22.5. The highest BCUT2D eigenvalue weighted by Crippen LogP contribution is 2.30. The number of aromatic amines is 1. The average Bonchev–Trinajstić information content (AvgIpc) is 3.64. The van der Waals surface area contributed by atoms with E-state index in [0.29, 0.717) is 43.6 Å². The number of halogens is 1. The van der Waals surface area contributed by atoms with Crippen molar-refractivity contribution in [2.45, 2.75) is 38.1 Å². The smallest absolute Gasteiger partial charge is 0.295 e. The zero-order chi connectivity index (χ0) is 27.6. The SMILES string of the molecule is CN1C=CN(c2ncc(F)c3c(C(=O)C(=O)N4CCN(C(=NC5CCCCC5)c5ccccc5)CC4)c[nH]c23)N1. The molecule has 3 aromatic rings. The van der Waals surface area contributed by atoms with Gasteiger partial charge < -0.3 is 14.8 Å². The number of nitrogens with zero attached hydrogens (tertiary/aromatic N) is 6. The first-order chi connectivity index (χ1) is 19.5. The van der Waals surface area contributed by atoms with Gasteiger partial charge in [0.2, 0.25) is 0 Å². The van der Waals surface area contributed by atoms with Gasteiger partial charge in [0.1, 0.15) is 5.84 Å². The number of benzene rings is 1. The summed E-state index contributed by atoms with van der Waals surface area (Å²) in [5.74, 6) is -0.689. The highest BCUT2D eigenvalue weighted by molar-refractivity contribution is 6.45. The first-order valence-electron chi connectivity index (χ1n) is 13.8. The first kappa shape index (κ1) is 26.0. The number of anilines is 1. The Morgan fingerprint density at radius 2 is 1.73 bits per heavy atom. The van der Waals surface area contributed by atoms with Gasteiger partial charge in [-0.3, -0.25) is 19.6 Å². The summed E-state index contributed by atoms with van der Waals surface area (Å²) in [6.07, 6.45) is 11.8. The summed E-state index contributed by atoms with van der Waals surface area (Å²) in [5.41, 5.74) is 4.42. The maximum atomic E-state index is 14.9. The van der Waals surface area contributed by atoms with E-state index in [9.17, 15) is 14.0 Å². The molecule has 208 valence electrons. The summed E-state index contributed by atoms with van der Waals surface area (Å²) >= 11 is 0. The molecule has 1 amide bonds. The maximum Gasteiger partial charge on any atom is 0.295 e. The third kappa shape index (κ3) is 5.04. The lowest BCUT2D eigenvalue weighted by molar-refractivity contribution is -0.127. The third-order valence-electron chi connectivity index (χ3n) is 7.79. The van der Waals surface area contributed by atoms with Crippen LogP contribution in [0.15, 0.2) is 60.1 Å². The Balaban J connectivity index is 1.18. The minimum atomic E-state index is -0.739. The van der Waals surface area contributed by atoms with Crippen LogP contribution in [0.1, 0.15) is 48.0 Å².